The molecular weight excluding hydrogens is 314 g/mol. The number of nitrogens with one attached hydrogen (secondary N) is 1. The van der Waals surface area contributed by atoms with Crippen LogP contribution in [0.3, 0.4) is 0 Å². The van der Waals surface area contributed by atoms with Gasteiger partial charge >= 0.3 is 0 Å². The van der Waals surface area contributed by atoms with Crippen LogP contribution in [0.25, 0.3) is 0 Å². The number of carbonyl (C=O) groups excluding carboxylic acids is 2. The van der Waals surface area contributed by atoms with E-state index < -0.39 is 0 Å². The average molecular weight is 332 g/mol. The zero-order chi connectivity index (χ0) is 16.7. The Labute approximate surface area is 140 Å². The highest BCUT2D eigenvalue weighted by Gasteiger charge is 2.11. The number of hydrogen-bond donors (Lipinski definition) is 1. The SMILES string of the molecule is CC(=O)N(CCNC(=O)c1ccc(Cl)cc1)Cc1cccnc1. The highest BCUT2D eigenvalue weighted by molar-refractivity contribution is 6.30. The van der Waals surface area contributed by atoms with E-state index in [-0.39, 0.29) is 11.8 Å². The molecular formula is C17H18ClN3O2. The average Bonchev–Trinajstić information content (AvgIpc) is 2.55. The van der Waals surface area contributed by atoms with Gasteiger partial charge in [-0.05, 0) is 35.9 Å². The molecule has 0 saturated heterocycles. The summed E-state index contributed by atoms with van der Waals surface area (Å²) in [5.41, 5.74) is 1.49. The van der Waals surface area contributed by atoms with Gasteiger partial charge in [0.05, 0.1) is 0 Å². The lowest BCUT2D eigenvalue weighted by Crippen LogP contribution is -2.37. The monoisotopic (exact) mass is 331 g/mol. The van der Waals surface area contributed by atoms with Crippen LogP contribution in [0.1, 0.15) is 22.8 Å². The summed E-state index contributed by atoms with van der Waals surface area (Å²) < 4.78 is 0. The molecule has 120 valence electrons. The van der Waals surface area contributed by atoms with Crippen molar-refractivity contribution >= 4 is 23.4 Å². The molecule has 1 N–H and O–H groups in total. The highest BCUT2D eigenvalue weighted by Crippen LogP contribution is 2.09. The Morgan fingerprint density at radius 2 is 1.96 bits per heavy atom. The molecule has 2 rings (SSSR count). The molecule has 5 nitrogen and oxygen atoms in total. The lowest BCUT2D eigenvalue weighted by Gasteiger charge is -2.21. The quantitative estimate of drug-likeness (QED) is 0.884. The molecule has 0 radical (unpaired) electrons. The normalized spacial score (nSPS) is 10.2. The van der Waals surface area contributed by atoms with Gasteiger partial charge in [0.25, 0.3) is 5.91 Å². The number of carbonyl (C=O) groups is 2. The number of nitrogens with zero attached hydrogens (tertiary/aromatic N) is 2. The number of halogens is 1. The molecule has 0 spiro atoms. The van der Waals surface area contributed by atoms with E-state index in [0.29, 0.717) is 30.2 Å². The van der Waals surface area contributed by atoms with Crippen molar-refractivity contribution < 1.29 is 9.59 Å². The molecule has 1 heterocycles. The van der Waals surface area contributed by atoms with E-state index in [0.717, 1.165) is 5.56 Å². The predicted molar refractivity (Wildman–Crippen MR) is 89.1 cm³/mol. The molecule has 23 heavy (non-hydrogen) atoms. The number of amides is 2. The van der Waals surface area contributed by atoms with Gasteiger partial charge < -0.3 is 10.2 Å². The van der Waals surface area contributed by atoms with Gasteiger partial charge in [-0.25, -0.2) is 0 Å². The van der Waals surface area contributed by atoms with Gasteiger partial charge in [0, 0.05) is 49.5 Å². The van der Waals surface area contributed by atoms with Gasteiger partial charge in [-0.3, -0.25) is 14.6 Å². The summed E-state index contributed by atoms with van der Waals surface area (Å²) in [6.07, 6.45) is 3.41. The van der Waals surface area contributed by atoms with Crippen LogP contribution in [-0.4, -0.2) is 34.8 Å². The smallest absolute Gasteiger partial charge is 0.251 e. The van der Waals surface area contributed by atoms with Crippen molar-refractivity contribution in [3.8, 4) is 0 Å². The molecule has 0 saturated carbocycles. The van der Waals surface area contributed by atoms with E-state index >= 15 is 0 Å². The third-order valence-corrected chi connectivity index (χ3v) is 3.57. The first kappa shape index (κ1) is 17.0. The van der Waals surface area contributed by atoms with E-state index in [1.807, 2.05) is 12.1 Å². The fourth-order valence-electron chi connectivity index (χ4n) is 2.07. The summed E-state index contributed by atoms with van der Waals surface area (Å²) in [5, 5.41) is 3.38. The zero-order valence-electron chi connectivity index (χ0n) is 12.8. The number of pyridine rings is 1. The third kappa shape index (κ3) is 5.38. The van der Waals surface area contributed by atoms with Gasteiger partial charge in [-0.15, -0.1) is 0 Å². The second-order valence-corrected chi connectivity index (χ2v) is 5.50. The number of aromatic nitrogens is 1. The van der Waals surface area contributed by atoms with Crippen molar-refractivity contribution in [3.63, 3.8) is 0 Å². The van der Waals surface area contributed by atoms with Crippen LogP contribution in [0.15, 0.2) is 48.8 Å². The molecule has 1 aromatic heterocycles. The molecule has 2 aromatic rings. The third-order valence-electron chi connectivity index (χ3n) is 3.32. The summed E-state index contributed by atoms with van der Waals surface area (Å²) in [4.78, 5) is 29.4. The van der Waals surface area contributed by atoms with Gasteiger partial charge in [0.15, 0.2) is 0 Å². The Balaban J connectivity index is 1.85. The number of rotatable bonds is 6. The van der Waals surface area contributed by atoms with E-state index in [2.05, 4.69) is 10.3 Å². The summed E-state index contributed by atoms with van der Waals surface area (Å²) in [5.74, 6) is -0.235. The molecule has 0 unspecified atom stereocenters. The van der Waals surface area contributed by atoms with Crippen molar-refractivity contribution in [1.82, 2.24) is 15.2 Å². The molecule has 0 aliphatic rings. The maximum Gasteiger partial charge on any atom is 0.251 e. The second kappa shape index (κ2) is 8.29. The van der Waals surface area contributed by atoms with Crippen molar-refractivity contribution in [2.75, 3.05) is 13.1 Å². The van der Waals surface area contributed by atoms with Gasteiger partial charge in [0.2, 0.25) is 5.91 Å². The van der Waals surface area contributed by atoms with Crippen molar-refractivity contribution in [1.29, 1.82) is 0 Å². The molecule has 6 heteroatoms. The summed E-state index contributed by atoms with van der Waals surface area (Å²) >= 11 is 5.79. The van der Waals surface area contributed by atoms with Crippen LogP contribution in [-0.2, 0) is 11.3 Å². The highest BCUT2D eigenvalue weighted by atomic mass is 35.5. The van der Waals surface area contributed by atoms with E-state index in [1.165, 1.54) is 6.92 Å². The summed E-state index contributed by atoms with van der Waals surface area (Å²) in [6, 6.07) is 10.4. The number of hydrogen-bond acceptors (Lipinski definition) is 3. The minimum atomic E-state index is -0.188. The maximum absolute atomic E-state index is 12.0. The molecule has 1 aromatic carbocycles. The fourth-order valence-corrected chi connectivity index (χ4v) is 2.19. The van der Waals surface area contributed by atoms with Crippen LogP contribution in [0.4, 0.5) is 0 Å². The minimum Gasteiger partial charge on any atom is -0.350 e. The van der Waals surface area contributed by atoms with Crippen LogP contribution in [0.2, 0.25) is 5.02 Å². The van der Waals surface area contributed by atoms with Crippen LogP contribution >= 0.6 is 11.6 Å². The van der Waals surface area contributed by atoms with Gasteiger partial charge in [0.1, 0.15) is 0 Å². The predicted octanol–water partition coefficient (Wildman–Crippen LogP) is 2.51. The Hall–Kier alpha value is -2.40. The largest absolute Gasteiger partial charge is 0.350 e. The van der Waals surface area contributed by atoms with Crippen LogP contribution in [0, 0.1) is 0 Å². The second-order valence-electron chi connectivity index (χ2n) is 5.06. The Kier molecular flexibility index (Phi) is 6.11. The lowest BCUT2D eigenvalue weighted by molar-refractivity contribution is -0.129. The number of benzene rings is 1. The van der Waals surface area contributed by atoms with E-state index in [1.54, 1.807) is 41.6 Å². The zero-order valence-corrected chi connectivity index (χ0v) is 13.6. The van der Waals surface area contributed by atoms with Crippen molar-refractivity contribution in [2.24, 2.45) is 0 Å². The van der Waals surface area contributed by atoms with Crippen molar-refractivity contribution in [2.45, 2.75) is 13.5 Å². The first-order chi connectivity index (χ1) is 11.1. The van der Waals surface area contributed by atoms with Gasteiger partial charge in [-0.2, -0.15) is 0 Å². The van der Waals surface area contributed by atoms with Gasteiger partial charge in [-0.1, -0.05) is 17.7 Å². The summed E-state index contributed by atoms with van der Waals surface area (Å²) in [7, 11) is 0. The maximum atomic E-state index is 12.0. The first-order valence-corrected chi connectivity index (χ1v) is 7.62. The van der Waals surface area contributed by atoms with Crippen LogP contribution in [0.5, 0.6) is 0 Å². The first-order valence-electron chi connectivity index (χ1n) is 7.24. The molecule has 0 atom stereocenters. The molecule has 2 amide bonds. The van der Waals surface area contributed by atoms with E-state index in [9.17, 15) is 9.59 Å². The summed E-state index contributed by atoms with van der Waals surface area (Å²) in [6.45, 7) is 2.79. The van der Waals surface area contributed by atoms with Crippen LogP contribution < -0.4 is 5.32 Å². The fraction of sp³-hybridized carbons (Fsp3) is 0.235. The molecule has 0 fully saturated rings. The lowest BCUT2D eigenvalue weighted by atomic mass is 10.2. The molecule has 0 aliphatic heterocycles. The topological polar surface area (TPSA) is 62.3 Å². The standard InChI is InChI=1S/C17H18ClN3O2/c1-13(22)21(12-14-3-2-8-19-11-14)10-9-20-17(23)15-4-6-16(18)7-5-15/h2-8,11H,9-10,12H2,1H3,(H,20,23). The Bertz CT molecular complexity index is 659. The van der Waals surface area contributed by atoms with E-state index in [4.69, 9.17) is 11.6 Å². The molecule has 0 aliphatic carbocycles. The Morgan fingerprint density at radius 3 is 2.57 bits per heavy atom. The Morgan fingerprint density at radius 1 is 1.22 bits per heavy atom. The minimum absolute atomic E-state index is 0.0467. The van der Waals surface area contributed by atoms with Crippen molar-refractivity contribution in [3.05, 3.63) is 64.9 Å². The molecule has 0 bridgehead atoms.